The first-order chi connectivity index (χ1) is 12.5. The van der Waals surface area contributed by atoms with Gasteiger partial charge in [-0.3, -0.25) is 4.79 Å². The summed E-state index contributed by atoms with van der Waals surface area (Å²) in [7, 11) is 3.00. The van der Waals surface area contributed by atoms with Gasteiger partial charge in [-0.25, -0.2) is 4.99 Å². The Balaban J connectivity index is 1.88. The van der Waals surface area contributed by atoms with Gasteiger partial charge in [-0.2, -0.15) is 0 Å². The number of rotatable bonds is 4. The van der Waals surface area contributed by atoms with Crippen LogP contribution >= 0.6 is 23.4 Å². The number of thioether (sulfide) groups is 1. The first kappa shape index (κ1) is 18.2. The number of phenols is 1. The van der Waals surface area contributed by atoms with E-state index in [-0.39, 0.29) is 11.7 Å². The number of aliphatic imine (C=N–C) groups is 1. The summed E-state index contributed by atoms with van der Waals surface area (Å²) in [6.45, 7) is 0. The Morgan fingerprint density at radius 2 is 1.92 bits per heavy atom. The monoisotopic (exact) mass is 390 g/mol. The van der Waals surface area contributed by atoms with Gasteiger partial charge >= 0.3 is 0 Å². The number of halogens is 1. The number of amides is 1. The number of nitrogens with zero attached hydrogens (tertiary/aromatic N) is 1. The van der Waals surface area contributed by atoms with Gasteiger partial charge in [0.15, 0.2) is 16.7 Å². The molecule has 0 atom stereocenters. The molecule has 1 fully saturated rings. The van der Waals surface area contributed by atoms with Gasteiger partial charge in [0.1, 0.15) is 11.4 Å². The quantitative estimate of drug-likeness (QED) is 0.772. The van der Waals surface area contributed by atoms with Gasteiger partial charge in [-0.1, -0.05) is 17.7 Å². The molecule has 0 aliphatic carbocycles. The van der Waals surface area contributed by atoms with Crippen molar-refractivity contribution in [2.75, 3.05) is 14.2 Å². The first-order valence-corrected chi connectivity index (χ1v) is 8.69. The zero-order valence-corrected chi connectivity index (χ0v) is 15.5. The maximum absolute atomic E-state index is 12.2. The lowest BCUT2D eigenvalue weighted by atomic mass is 10.2. The Morgan fingerprint density at radius 1 is 1.15 bits per heavy atom. The average molecular weight is 391 g/mol. The van der Waals surface area contributed by atoms with Crippen molar-refractivity contribution < 1.29 is 19.4 Å². The van der Waals surface area contributed by atoms with Gasteiger partial charge in [0, 0.05) is 5.02 Å². The standard InChI is InChI=1S/C18H15ClN2O4S/c1-24-14-6-4-11(19)9-12(14)20-18-21-17(23)16(26-18)8-10-3-5-13(22)15(7-10)25-2/h3-9,22H,1-2H3,(H,20,21,23)/b16-8-. The fraction of sp³-hybridized carbons (Fsp3) is 0.111. The molecular weight excluding hydrogens is 376 g/mol. The van der Waals surface area contributed by atoms with Crippen LogP contribution in [0.3, 0.4) is 0 Å². The third-order valence-electron chi connectivity index (χ3n) is 3.52. The van der Waals surface area contributed by atoms with Crippen molar-refractivity contribution in [2.24, 2.45) is 4.99 Å². The van der Waals surface area contributed by atoms with Gasteiger partial charge in [-0.15, -0.1) is 0 Å². The second kappa shape index (κ2) is 7.72. The maximum atomic E-state index is 12.2. The third-order valence-corrected chi connectivity index (χ3v) is 4.66. The number of methoxy groups -OCH3 is 2. The summed E-state index contributed by atoms with van der Waals surface area (Å²) in [6.07, 6.45) is 1.69. The highest BCUT2D eigenvalue weighted by atomic mass is 35.5. The van der Waals surface area contributed by atoms with Crippen LogP contribution in [0, 0.1) is 0 Å². The molecule has 134 valence electrons. The van der Waals surface area contributed by atoms with E-state index in [1.54, 1.807) is 36.4 Å². The Labute approximate surface area is 159 Å². The molecular formula is C18H15ClN2O4S. The normalized spacial score (nSPS) is 16.8. The lowest BCUT2D eigenvalue weighted by Crippen LogP contribution is -2.19. The molecule has 0 saturated carbocycles. The van der Waals surface area contributed by atoms with Gasteiger partial charge < -0.3 is 19.9 Å². The second-order valence-electron chi connectivity index (χ2n) is 5.23. The number of aromatic hydroxyl groups is 1. The van der Waals surface area contributed by atoms with E-state index in [9.17, 15) is 9.90 Å². The van der Waals surface area contributed by atoms with Crippen molar-refractivity contribution in [1.29, 1.82) is 0 Å². The fourth-order valence-electron chi connectivity index (χ4n) is 2.28. The molecule has 26 heavy (non-hydrogen) atoms. The zero-order chi connectivity index (χ0) is 18.7. The molecule has 8 heteroatoms. The minimum Gasteiger partial charge on any atom is -0.504 e. The number of amidine groups is 1. The molecule has 2 aromatic carbocycles. The maximum Gasteiger partial charge on any atom is 0.264 e. The molecule has 6 nitrogen and oxygen atoms in total. The number of ether oxygens (including phenoxy) is 2. The molecule has 0 spiro atoms. The number of hydrogen-bond donors (Lipinski definition) is 2. The molecule has 0 aromatic heterocycles. The molecule has 1 amide bonds. The van der Waals surface area contributed by atoms with E-state index in [4.69, 9.17) is 21.1 Å². The van der Waals surface area contributed by atoms with Crippen molar-refractivity contribution in [2.45, 2.75) is 0 Å². The second-order valence-corrected chi connectivity index (χ2v) is 6.70. The van der Waals surface area contributed by atoms with Crippen LogP contribution in [0.4, 0.5) is 5.69 Å². The van der Waals surface area contributed by atoms with Crippen LogP contribution in [0.1, 0.15) is 5.56 Å². The van der Waals surface area contributed by atoms with E-state index in [2.05, 4.69) is 10.3 Å². The van der Waals surface area contributed by atoms with E-state index in [0.29, 0.717) is 32.3 Å². The lowest BCUT2D eigenvalue weighted by Gasteiger charge is -2.05. The minimum absolute atomic E-state index is 0.0356. The molecule has 1 heterocycles. The Hall–Kier alpha value is -2.64. The number of hydrogen-bond acceptors (Lipinski definition) is 6. The van der Waals surface area contributed by atoms with Gasteiger partial charge in [0.05, 0.1) is 19.1 Å². The smallest absolute Gasteiger partial charge is 0.264 e. The minimum atomic E-state index is -0.262. The highest BCUT2D eigenvalue weighted by Gasteiger charge is 2.24. The summed E-state index contributed by atoms with van der Waals surface area (Å²) < 4.78 is 10.3. The summed E-state index contributed by atoms with van der Waals surface area (Å²) in [5.74, 6) is 0.660. The van der Waals surface area contributed by atoms with Gasteiger partial charge in [0.2, 0.25) is 0 Å². The summed E-state index contributed by atoms with van der Waals surface area (Å²) in [4.78, 5) is 17.1. The molecule has 2 aromatic rings. The summed E-state index contributed by atoms with van der Waals surface area (Å²) in [6, 6.07) is 9.91. The van der Waals surface area contributed by atoms with E-state index < -0.39 is 0 Å². The first-order valence-electron chi connectivity index (χ1n) is 7.50. The van der Waals surface area contributed by atoms with Crippen LogP contribution in [0.25, 0.3) is 6.08 Å². The third kappa shape index (κ3) is 3.95. The van der Waals surface area contributed by atoms with E-state index in [0.717, 1.165) is 5.56 Å². The van der Waals surface area contributed by atoms with Crippen molar-refractivity contribution in [3.05, 3.63) is 51.9 Å². The summed E-state index contributed by atoms with van der Waals surface area (Å²) in [5, 5.41) is 13.3. The predicted molar refractivity (Wildman–Crippen MR) is 103 cm³/mol. The van der Waals surface area contributed by atoms with Crippen molar-refractivity contribution >= 4 is 46.2 Å². The molecule has 3 rings (SSSR count). The van der Waals surface area contributed by atoms with Gasteiger partial charge in [0.25, 0.3) is 5.91 Å². The Morgan fingerprint density at radius 3 is 2.65 bits per heavy atom. The molecule has 1 saturated heterocycles. The molecule has 1 aliphatic heterocycles. The molecule has 1 aliphatic rings. The highest BCUT2D eigenvalue weighted by Crippen LogP contribution is 2.34. The zero-order valence-electron chi connectivity index (χ0n) is 13.9. The Bertz CT molecular complexity index is 927. The number of carbonyl (C=O) groups is 1. The topological polar surface area (TPSA) is 80.2 Å². The average Bonchev–Trinajstić information content (AvgIpc) is 2.96. The van der Waals surface area contributed by atoms with E-state index in [1.807, 2.05) is 0 Å². The van der Waals surface area contributed by atoms with Crippen LogP contribution in [0.15, 0.2) is 46.3 Å². The number of phenolic OH excluding ortho intramolecular Hbond substituents is 1. The molecule has 0 unspecified atom stereocenters. The van der Waals surface area contributed by atoms with Crippen LogP contribution in [0.2, 0.25) is 5.02 Å². The van der Waals surface area contributed by atoms with Crippen molar-refractivity contribution in [1.82, 2.24) is 5.32 Å². The van der Waals surface area contributed by atoms with Crippen LogP contribution in [0.5, 0.6) is 17.2 Å². The number of carbonyl (C=O) groups excluding carboxylic acids is 1. The van der Waals surface area contributed by atoms with Crippen LogP contribution in [-0.2, 0) is 4.79 Å². The lowest BCUT2D eigenvalue weighted by molar-refractivity contribution is -0.115. The SMILES string of the molecule is COc1cc(/C=C2\SC(=Nc3cc(Cl)ccc3OC)NC2=O)ccc1O. The predicted octanol–water partition coefficient (Wildman–Crippen LogP) is 3.95. The fourth-order valence-corrected chi connectivity index (χ4v) is 3.28. The van der Waals surface area contributed by atoms with Crippen molar-refractivity contribution in [3.63, 3.8) is 0 Å². The largest absolute Gasteiger partial charge is 0.504 e. The van der Waals surface area contributed by atoms with Crippen LogP contribution in [-0.4, -0.2) is 30.4 Å². The number of benzene rings is 2. The molecule has 0 radical (unpaired) electrons. The summed E-state index contributed by atoms with van der Waals surface area (Å²) >= 11 is 7.20. The highest BCUT2D eigenvalue weighted by molar-refractivity contribution is 8.18. The summed E-state index contributed by atoms with van der Waals surface area (Å²) in [5.41, 5.74) is 1.24. The molecule has 0 bridgehead atoms. The Kier molecular flexibility index (Phi) is 5.39. The van der Waals surface area contributed by atoms with Crippen LogP contribution < -0.4 is 14.8 Å². The number of nitrogens with one attached hydrogen (secondary N) is 1. The van der Waals surface area contributed by atoms with Crippen molar-refractivity contribution in [3.8, 4) is 17.2 Å². The van der Waals surface area contributed by atoms with E-state index in [1.165, 1.54) is 32.0 Å². The molecule has 2 N–H and O–H groups in total. The van der Waals surface area contributed by atoms with E-state index >= 15 is 0 Å². The van der Waals surface area contributed by atoms with Gasteiger partial charge in [-0.05, 0) is 53.7 Å².